The third kappa shape index (κ3) is 3.09. The molecule has 5 nitrogen and oxygen atoms in total. The van der Waals surface area contributed by atoms with Gasteiger partial charge in [0.15, 0.2) is 0 Å². The number of fused-ring (bicyclic) bond motifs is 1. The first-order valence-electron chi connectivity index (χ1n) is 8.19. The molecule has 1 aliphatic heterocycles. The average molecular weight is 377 g/mol. The number of para-hydroxylation sites is 1. The third-order valence-electron chi connectivity index (χ3n) is 4.27. The second-order valence-corrected chi connectivity index (χ2v) is 6.44. The van der Waals surface area contributed by atoms with Crippen LogP contribution >= 0.6 is 11.6 Å². The number of imide groups is 1. The first kappa shape index (κ1) is 17.0. The fourth-order valence-electron chi connectivity index (χ4n) is 2.93. The minimum atomic E-state index is -0.442. The predicted octanol–water partition coefficient (Wildman–Crippen LogP) is 4.39. The molecule has 0 unspecified atom stereocenters. The highest BCUT2D eigenvalue weighted by molar-refractivity contribution is 6.34. The Balaban J connectivity index is 1.63. The van der Waals surface area contributed by atoms with Gasteiger partial charge in [-0.25, -0.2) is 4.90 Å². The molecule has 0 aromatic heterocycles. The Hall–Kier alpha value is -3.44. The molecule has 132 valence electrons. The molecule has 1 heterocycles. The Kier molecular flexibility index (Phi) is 4.22. The zero-order valence-electron chi connectivity index (χ0n) is 14.0. The molecule has 0 radical (unpaired) electrons. The summed E-state index contributed by atoms with van der Waals surface area (Å²) in [6.07, 6.45) is 0. The predicted molar refractivity (Wildman–Crippen MR) is 103 cm³/mol. The van der Waals surface area contributed by atoms with Crippen LogP contribution in [0.15, 0.2) is 72.8 Å². The van der Waals surface area contributed by atoms with Gasteiger partial charge in [0.25, 0.3) is 17.7 Å². The molecule has 0 atom stereocenters. The number of amides is 3. The standard InChI is InChI=1S/C21H13ClN2O3/c22-14-7-9-15(10-8-14)23-19(25)13-6-11-17-18(12-13)21(27)24(20(17)26)16-4-2-1-3-5-16/h1-12H,(H,23,25). The first-order chi connectivity index (χ1) is 13.0. The van der Waals surface area contributed by atoms with Gasteiger partial charge in [-0.05, 0) is 54.6 Å². The van der Waals surface area contributed by atoms with Gasteiger partial charge in [-0.15, -0.1) is 0 Å². The van der Waals surface area contributed by atoms with Crippen LogP contribution in [0.5, 0.6) is 0 Å². The van der Waals surface area contributed by atoms with E-state index in [1.165, 1.54) is 18.2 Å². The van der Waals surface area contributed by atoms with Gasteiger partial charge in [0, 0.05) is 16.3 Å². The quantitative estimate of drug-likeness (QED) is 0.689. The molecule has 0 spiro atoms. The SMILES string of the molecule is O=C(Nc1ccc(Cl)cc1)c1ccc2c(c1)C(=O)N(c1ccccc1)C2=O. The van der Waals surface area contributed by atoms with Gasteiger partial charge < -0.3 is 5.32 Å². The monoisotopic (exact) mass is 376 g/mol. The maximum Gasteiger partial charge on any atom is 0.266 e. The van der Waals surface area contributed by atoms with E-state index in [-0.39, 0.29) is 17.0 Å². The van der Waals surface area contributed by atoms with Crippen molar-refractivity contribution in [2.75, 3.05) is 10.2 Å². The van der Waals surface area contributed by atoms with E-state index in [0.29, 0.717) is 22.0 Å². The average Bonchev–Trinajstić information content (AvgIpc) is 2.94. The zero-order chi connectivity index (χ0) is 19.0. The van der Waals surface area contributed by atoms with E-state index in [0.717, 1.165) is 4.90 Å². The molecule has 3 amide bonds. The van der Waals surface area contributed by atoms with Crippen molar-refractivity contribution >= 4 is 40.7 Å². The van der Waals surface area contributed by atoms with Gasteiger partial charge in [-0.1, -0.05) is 29.8 Å². The van der Waals surface area contributed by atoms with E-state index in [1.54, 1.807) is 54.6 Å². The van der Waals surface area contributed by atoms with Crippen LogP contribution in [-0.2, 0) is 0 Å². The van der Waals surface area contributed by atoms with E-state index in [9.17, 15) is 14.4 Å². The molecular formula is C21H13ClN2O3. The molecule has 4 rings (SSSR count). The highest BCUT2D eigenvalue weighted by Crippen LogP contribution is 2.29. The summed E-state index contributed by atoms with van der Waals surface area (Å²) in [5.41, 5.74) is 1.87. The molecule has 0 saturated heterocycles. The molecular weight excluding hydrogens is 364 g/mol. The van der Waals surface area contributed by atoms with Crippen molar-refractivity contribution in [2.24, 2.45) is 0 Å². The van der Waals surface area contributed by atoms with E-state index in [2.05, 4.69) is 5.32 Å². The maximum absolute atomic E-state index is 12.7. The van der Waals surface area contributed by atoms with Crippen LogP contribution in [0.2, 0.25) is 5.02 Å². The van der Waals surface area contributed by atoms with E-state index < -0.39 is 11.8 Å². The lowest BCUT2D eigenvalue weighted by molar-refractivity contribution is 0.0925. The van der Waals surface area contributed by atoms with E-state index >= 15 is 0 Å². The number of hydrogen-bond acceptors (Lipinski definition) is 3. The Labute approximate surface area is 160 Å². The highest BCUT2D eigenvalue weighted by Gasteiger charge is 2.37. The number of rotatable bonds is 3. The maximum atomic E-state index is 12.7. The summed E-state index contributed by atoms with van der Waals surface area (Å²) in [5, 5.41) is 3.30. The molecule has 3 aromatic carbocycles. The Bertz CT molecular complexity index is 1060. The molecule has 27 heavy (non-hydrogen) atoms. The highest BCUT2D eigenvalue weighted by atomic mass is 35.5. The van der Waals surface area contributed by atoms with Crippen molar-refractivity contribution in [1.29, 1.82) is 0 Å². The van der Waals surface area contributed by atoms with Crippen molar-refractivity contribution in [3.63, 3.8) is 0 Å². The summed E-state index contributed by atoms with van der Waals surface area (Å²) in [5.74, 6) is -1.22. The summed E-state index contributed by atoms with van der Waals surface area (Å²) in [6, 6.07) is 19.9. The molecule has 1 aliphatic rings. The minimum Gasteiger partial charge on any atom is -0.322 e. The molecule has 1 N–H and O–H groups in total. The fourth-order valence-corrected chi connectivity index (χ4v) is 3.06. The van der Waals surface area contributed by atoms with Crippen LogP contribution in [0.4, 0.5) is 11.4 Å². The van der Waals surface area contributed by atoms with Crippen molar-refractivity contribution in [3.05, 3.63) is 94.5 Å². The number of nitrogens with one attached hydrogen (secondary N) is 1. The van der Waals surface area contributed by atoms with Gasteiger partial charge in [-0.2, -0.15) is 0 Å². The Morgan fingerprint density at radius 2 is 1.48 bits per heavy atom. The molecule has 0 saturated carbocycles. The van der Waals surface area contributed by atoms with Crippen LogP contribution in [0.3, 0.4) is 0 Å². The largest absolute Gasteiger partial charge is 0.322 e. The van der Waals surface area contributed by atoms with Crippen LogP contribution in [0.1, 0.15) is 31.1 Å². The lowest BCUT2D eigenvalue weighted by Gasteiger charge is -2.13. The van der Waals surface area contributed by atoms with E-state index in [4.69, 9.17) is 11.6 Å². The fraction of sp³-hybridized carbons (Fsp3) is 0. The summed E-state index contributed by atoms with van der Waals surface area (Å²) in [7, 11) is 0. The molecule has 0 aliphatic carbocycles. The summed E-state index contributed by atoms with van der Waals surface area (Å²) >= 11 is 5.84. The van der Waals surface area contributed by atoms with Crippen molar-refractivity contribution in [3.8, 4) is 0 Å². The van der Waals surface area contributed by atoms with Crippen molar-refractivity contribution in [2.45, 2.75) is 0 Å². The number of carbonyl (C=O) groups is 3. The van der Waals surface area contributed by atoms with Crippen LogP contribution in [0.25, 0.3) is 0 Å². The van der Waals surface area contributed by atoms with Crippen LogP contribution in [0, 0.1) is 0 Å². The Morgan fingerprint density at radius 3 is 2.19 bits per heavy atom. The Morgan fingerprint density at radius 1 is 0.815 bits per heavy atom. The van der Waals surface area contributed by atoms with Crippen molar-refractivity contribution in [1.82, 2.24) is 0 Å². The van der Waals surface area contributed by atoms with Crippen LogP contribution in [-0.4, -0.2) is 17.7 Å². The summed E-state index contributed by atoms with van der Waals surface area (Å²) in [4.78, 5) is 38.9. The van der Waals surface area contributed by atoms with Crippen LogP contribution < -0.4 is 10.2 Å². The molecule has 3 aromatic rings. The zero-order valence-corrected chi connectivity index (χ0v) is 14.7. The lowest BCUT2D eigenvalue weighted by Crippen LogP contribution is -2.29. The smallest absolute Gasteiger partial charge is 0.266 e. The third-order valence-corrected chi connectivity index (χ3v) is 4.52. The second kappa shape index (κ2) is 6.70. The molecule has 6 heteroatoms. The molecule has 0 bridgehead atoms. The van der Waals surface area contributed by atoms with Gasteiger partial charge in [0.1, 0.15) is 0 Å². The van der Waals surface area contributed by atoms with E-state index in [1.807, 2.05) is 0 Å². The normalized spacial score (nSPS) is 12.9. The number of nitrogens with zero attached hydrogens (tertiary/aromatic N) is 1. The summed E-state index contributed by atoms with van der Waals surface area (Å²) < 4.78 is 0. The number of benzene rings is 3. The minimum absolute atomic E-state index is 0.215. The second-order valence-electron chi connectivity index (χ2n) is 6.00. The van der Waals surface area contributed by atoms with Crippen molar-refractivity contribution < 1.29 is 14.4 Å². The van der Waals surface area contributed by atoms with Gasteiger partial charge >= 0.3 is 0 Å². The number of carbonyl (C=O) groups excluding carboxylic acids is 3. The number of hydrogen-bond donors (Lipinski definition) is 1. The number of halogens is 1. The lowest BCUT2D eigenvalue weighted by atomic mass is 10.1. The first-order valence-corrected chi connectivity index (χ1v) is 8.57. The topological polar surface area (TPSA) is 66.5 Å². The molecule has 0 fully saturated rings. The van der Waals surface area contributed by atoms with Gasteiger partial charge in [0.2, 0.25) is 0 Å². The number of anilines is 2. The van der Waals surface area contributed by atoms with Gasteiger partial charge in [0.05, 0.1) is 16.8 Å². The summed E-state index contributed by atoms with van der Waals surface area (Å²) in [6.45, 7) is 0. The van der Waals surface area contributed by atoms with Gasteiger partial charge in [-0.3, -0.25) is 14.4 Å².